The van der Waals surface area contributed by atoms with E-state index in [0.717, 1.165) is 35.3 Å². The molecule has 0 bridgehead atoms. The van der Waals surface area contributed by atoms with E-state index in [1.165, 1.54) is 5.56 Å². The van der Waals surface area contributed by atoms with E-state index in [4.69, 9.17) is 10.3 Å². The van der Waals surface area contributed by atoms with E-state index in [9.17, 15) is 8.42 Å². The number of nitrogens with two attached hydrogens (primary N) is 1. The number of aromatic nitrogens is 1. The molecule has 0 aliphatic carbocycles. The van der Waals surface area contributed by atoms with E-state index in [-0.39, 0.29) is 10.1 Å². The molecule has 0 aliphatic heterocycles. The van der Waals surface area contributed by atoms with E-state index >= 15 is 0 Å². The largest absolute Gasteiger partial charge is 0.336 e. The smallest absolute Gasteiger partial charge is 0.274 e. The van der Waals surface area contributed by atoms with Crippen LogP contribution in [0.25, 0.3) is 11.1 Å². The zero-order valence-corrected chi connectivity index (χ0v) is 19.7. The second kappa shape index (κ2) is 8.99. The lowest BCUT2D eigenvalue weighted by Crippen LogP contribution is -2.12. The summed E-state index contributed by atoms with van der Waals surface area (Å²) in [5.74, 6) is 0.680. The highest BCUT2D eigenvalue weighted by molar-refractivity contribution is 9.10. The SMILES string of the molecule is Cc1noc(NS(=O)(=O)c2sccc2-c2ccc(CCC(C)C)cc2CN)c1Br. The summed E-state index contributed by atoms with van der Waals surface area (Å²) in [6.07, 6.45) is 2.07. The lowest BCUT2D eigenvalue weighted by molar-refractivity contribution is 0.430. The van der Waals surface area contributed by atoms with Crippen molar-refractivity contribution in [1.29, 1.82) is 0 Å². The van der Waals surface area contributed by atoms with Crippen molar-refractivity contribution in [2.75, 3.05) is 4.72 Å². The van der Waals surface area contributed by atoms with Gasteiger partial charge in [-0.1, -0.05) is 37.2 Å². The van der Waals surface area contributed by atoms with Crippen LogP contribution in [-0.4, -0.2) is 13.6 Å². The van der Waals surface area contributed by atoms with Crippen LogP contribution in [0.4, 0.5) is 5.88 Å². The Kier molecular flexibility index (Phi) is 6.83. The first kappa shape index (κ1) is 22.0. The summed E-state index contributed by atoms with van der Waals surface area (Å²) >= 11 is 4.44. The first-order valence-electron chi connectivity index (χ1n) is 9.27. The standard InChI is InChI=1S/C20H24BrN3O3S2/c1-12(2)4-5-14-6-7-16(15(10-14)11-22)17-8-9-28-20(17)29(25,26)24-19-18(21)13(3)23-27-19/h6-10,12,24H,4-5,11,22H2,1-3H3. The molecule has 3 N–H and O–H groups in total. The molecule has 0 spiro atoms. The molecule has 6 nitrogen and oxygen atoms in total. The van der Waals surface area contributed by atoms with Gasteiger partial charge in [0.2, 0.25) is 0 Å². The third kappa shape index (κ3) is 4.91. The van der Waals surface area contributed by atoms with Crippen LogP contribution in [0.5, 0.6) is 0 Å². The summed E-state index contributed by atoms with van der Waals surface area (Å²) in [6, 6.07) is 7.90. The fourth-order valence-corrected chi connectivity index (χ4v) is 5.73. The van der Waals surface area contributed by atoms with E-state index < -0.39 is 10.0 Å². The first-order chi connectivity index (χ1) is 13.7. The van der Waals surface area contributed by atoms with Crippen LogP contribution in [0.3, 0.4) is 0 Å². The maximum Gasteiger partial charge on any atom is 0.274 e. The highest BCUT2D eigenvalue weighted by atomic mass is 79.9. The van der Waals surface area contributed by atoms with Gasteiger partial charge in [0, 0.05) is 12.1 Å². The molecule has 29 heavy (non-hydrogen) atoms. The number of benzene rings is 1. The molecule has 2 heterocycles. The Labute approximate surface area is 183 Å². The molecule has 2 aromatic heterocycles. The van der Waals surface area contributed by atoms with Crippen molar-refractivity contribution in [2.45, 2.75) is 44.4 Å². The average molecular weight is 498 g/mol. The number of hydrogen-bond donors (Lipinski definition) is 2. The predicted octanol–water partition coefficient (Wildman–Crippen LogP) is 5.32. The molecule has 0 radical (unpaired) electrons. The van der Waals surface area contributed by atoms with Gasteiger partial charge in [0.15, 0.2) is 0 Å². The molecule has 0 saturated carbocycles. The molecule has 1 aromatic carbocycles. The number of sulfonamides is 1. The lowest BCUT2D eigenvalue weighted by atomic mass is 9.96. The summed E-state index contributed by atoms with van der Waals surface area (Å²) in [6.45, 7) is 6.45. The number of anilines is 1. The van der Waals surface area contributed by atoms with Gasteiger partial charge in [0.1, 0.15) is 8.68 Å². The van der Waals surface area contributed by atoms with Crippen molar-refractivity contribution in [3.8, 4) is 11.1 Å². The molecule has 0 atom stereocenters. The number of nitrogens with zero attached hydrogens (tertiary/aromatic N) is 1. The summed E-state index contributed by atoms with van der Waals surface area (Å²) in [4.78, 5) is 0. The van der Waals surface area contributed by atoms with Crippen LogP contribution < -0.4 is 10.5 Å². The van der Waals surface area contributed by atoms with Crippen LogP contribution in [-0.2, 0) is 23.0 Å². The maximum absolute atomic E-state index is 13.0. The van der Waals surface area contributed by atoms with E-state index in [0.29, 0.717) is 28.2 Å². The van der Waals surface area contributed by atoms with Crippen molar-refractivity contribution in [1.82, 2.24) is 5.16 Å². The Morgan fingerprint density at radius 2 is 2.03 bits per heavy atom. The van der Waals surface area contributed by atoms with Crippen molar-refractivity contribution < 1.29 is 12.9 Å². The number of nitrogens with one attached hydrogen (secondary N) is 1. The quantitative estimate of drug-likeness (QED) is 0.438. The van der Waals surface area contributed by atoms with Gasteiger partial charge in [-0.05, 0) is 69.8 Å². The molecular formula is C20H24BrN3O3S2. The van der Waals surface area contributed by atoms with E-state index in [1.807, 2.05) is 12.1 Å². The molecule has 0 unspecified atom stereocenters. The number of thiophene rings is 1. The van der Waals surface area contributed by atoms with Crippen molar-refractivity contribution in [2.24, 2.45) is 11.7 Å². The Hall–Kier alpha value is -1.68. The van der Waals surface area contributed by atoms with Gasteiger partial charge in [-0.25, -0.2) is 13.1 Å². The zero-order chi connectivity index (χ0) is 21.2. The van der Waals surface area contributed by atoms with Gasteiger partial charge >= 0.3 is 0 Å². The highest BCUT2D eigenvalue weighted by Crippen LogP contribution is 2.37. The number of halogens is 1. The first-order valence-corrected chi connectivity index (χ1v) is 12.4. The Morgan fingerprint density at radius 3 is 2.66 bits per heavy atom. The monoisotopic (exact) mass is 497 g/mol. The van der Waals surface area contributed by atoms with Crippen LogP contribution in [0.2, 0.25) is 0 Å². The van der Waals surface area contributed by atoms with Crippen molar-refractivity contribution >= 4 is 43.2 Å². The molecule has 9 heteroatoms. The minimum atomic E-state index is -3.85. The maximum atomic E-state index is 13.0. The highest BCUT2D eigenvalue weighted by Gasteiger charge is 2.25. The van der Waals surface area contributed by atoms with Crippen LogP contribution in [0.1, 0.15) is 37.1 Å². The van der Waals surface area contributed by atoms with Crippen LogP contribution in [0, 0.1) is 12.8 Å². The molecule has 156 valence electrons. The fourth-order valence-electron chi connectivity index (χ4n) is 2.98. The van der Waals surface area contributed by atoms with Crippen LogP contribution in [0.15, 0.2) is 42.9 Å². The zero-order valence-electron chi connectivity index (χ0n) is 16.5. The van der Waals surface area contributed by atoms with Gasteiger partial charge in [-0.15, -0.1) is 11.3 Å². The lowest BCUT2D eigenvalue weighted by Gasteiger charge is -2.13. The van der Waals surface area contributed by atoms with E-state index in [2.05, 4.69) is 51.8 Å². The van der Waals surface area contributed by atoms with Crippen molar-refractivity contribution in [3.05, 3.63) is 50.9 Å². The van der Waals surface area contributed by atoms with E-state index in [1.54, 1.807) is 12.3 Å². The second-order valence-electron chi connectivity index (χ2n) is 7.27. The molecule has 3 aromatic rings. The summed E-state index contributed by atoms with van der Waals surface area (Å²) in [5.41, 5.74) is 10.2. The summed E-state index contributed by atoms with van der Waals surface area (Å²) < 4.78 is 34.3. The minimum Gasteiger partial charge on any atom is -0.336 e. The van der Waals surface area contributed by atoms with Crippen molar-refractivity contribution in [3.63, 3.8) is 0 Å². The second-order valence-corrected chi connectivity index (χ2v) is 10.9. The molecule has 0 amide bonds. The predicted molar refractivity (Wildman–Crippen MR) is 121 cm³/mol. The van der Waals surface area contributed by atoms with Gasteiger partial charge < -0.3 is 10.3 Å². The van der Waals surface area contributed by atoms with Gasteiger partial charge in [-0.3, -0.25) is 0 Å². The topological polar surface area (TPSA) is 98.2 Å². The Bertz CT molecular complexity index is 1100. The molecule has 0 saturated heterocycles. The normalized spacial score (nSPS) is 11.9. The third-order valence-electron chi connectivity index (χ3n) is 4.58. The number of hydrogen-bond acceptors (Lipinski definition) is 6. The van der Waals surface area contributed by atoms with Gasteiger partial charge in [0.25, 0.3) is 15.9 Å². The number of aryl methyl sites for hydroxylation is 2. The summed E-state index contributed by atoms with van der Waals surface area (Å²) in [5, 5.41) is 5.53. The average Bonchev–Trinajstić information content (AvgIpc) is 3.29. The Morgan fingerprint density at radius 1 is 1.28 bits per heavy atom. The Balaban J connectivity index is 1.96. The summed E-state index contributed by atoms with van der Waals surface area (Å²) in [7, 11) is -3.85. The fraction of sp³-hybridized carbons (Fsp3) is 0.350. The van der Waals surface area contributed by atoms with Gasteiger partial charge in [-0.2, -0.15) is 0 Å². The minimum absolute atomic E-state index is 0.0601. The molecule has 0 aliphatic rings. The van der Waals surface area contributed by atoms with Crippen LogP contribution >= 0.6 is 27.3 Å². The molecule has 3 rings (SSSR count). The molecule has 0 fully saturated rings. The molecular weight excluding hydrogens is 474 g/mol. The number of rotatable bonds is 8. The third-order valence-corrected chi connectivity index (χ3v) is 8.33. The van der Waals surface area contributed by atoms with Gasteiger partial charge in [0.05, 0.1) is 5.69 Å².